The van der Waals surface area contributed by atoms with Crippen molar-refractivity contribution in [2.24, 2.45) is 0 Å². The lowest BCUT2D eigenvalue weighted by Gasteiger charge is -2.08. The van der Waals surface area contributed by atoms with Crippen LogP contribution in [0.3, 0.4) is 0 Å². The molecule has 0 aromatic carbocycles. The van der Waals surface area contributed by atoms with E-state index in [1.54, 1.807) is 0 Å². The maximum atomic E-state index is 10.8. The molecular weight excluding hydrogens is 228 g/mol. The number of aromatic nitrogens is 2. The standard InChI is InChI=1S/C10H15ClN4O/c1-2-3-4-5-13-9-7(6-16)8(11)14-10(12)15-9/h6H,2-5H2,1H3,(H3,12,13,14,15). The second-order valence-electron chi connectivity index (χ2n) is 3.39. The van der Waals surface area contributed by atoms with Gasteiger partial charge in [-0.25, -0.2) is 4.98 Å². The molecule has 0 fully saturated rings. The van der Waals surface area contributed by atoms with Crippen molar-refractivity contribution < 1.29 is 4.79 Å². The minimum Gasteiger partial charge on any atom is -0.369 e. The van der Waals surface area contributed by atoms with Crippen LogP contribution in [0.1, 0.15) is 36.5 Å². The number of nitrogens with one attached hydrogen (secondary N) is 1. The van der Waals surface area contributed by atoms with Gasteiger partial charge in [0.25, 0.3) is 0 Å². The molecule has 0 spiro atoms. The summed E-state index contributed by atoms with van der Waals surface area (Å²) < 4.78 is 0. The summed E-state index contributed by atoms with van der Waals surface area (Å²) in [5.74, 6) is 0.470. The fourth-order valence-electron chi connectivity index (χ4n) is 1.28. The van der Waals surface area contributed by atoms with E-state index in [1.165, 1.54) is 0 Å². The van der Waals surface area contributed by atoms with Crippen molar-refractivity contribution in [3.63, 3.8) is 0 Å². The zero-order chi connectivity index (χ0) is 12.0. The van der Waals surface area contributed by atoms with Crippen molar-refractivity contribution in [2.45, 2.75) is 26.2 Å². The largest absolute Gasteiger partial charge is 0.369 e. The van der Waals surface area contributed by atoms with Crippen molar-refractivity contribution in [3.05, 3.63) is 10.7 Å². The van der Waals surface area contributed by atoms with E-state index in [1.807, 2.05) is 0 Å². The summed E-state index contributed by atoms with van der Waals surface area (Å²) in [5.41, 5.74) is 5.71. The van der Waals surface area contributed by atoms with Gasteiger partial charge in [0.2, 0.25) is 5.95 Å². The van der Waals surface area contributed by atoms with Crippen LogP contribution in [0.2, 0.25) is 5.15 Å². The smallest absolute Gasteiger partial charge is 0.223 e. The van der Waals surface area contributed by atoms with Crippen LogP contribution in [-0.4, -0.2) is 22.8 Å². The number of anilines is 2. The molecule has 0 amide bonds. The number of hydrogen-bond donors (Lipinski definition) is 2. The van der Waals surface area contributed by atoms with E-state index < -0.39 is 0 Å². The lowest BCUT2D eigenvalue weighted by Crippen LogP contribution is -2.09. The molecule has 0 radical (unpaired) electrons. The molecule has 16 heavy (non-hydrogen) atoms. The quantitative estimate of drug-likeness (QED) is 0.454. The zero-order valence-corrected chi connectivity index (χ0v) is 9.92. The van der Waals surface area contributed by atoms with Gasteiger partial charge in [0, 0.05) is 6.54 Å². The average molecular weight is 243 g/mol. The second-order valence-corrected chi connectivity index (χ2v) is 3.74. The molecule has 0 bridgehead atoms. The number of rotatable bonds is 6. The summed E-state index contributed by atoms with van der Waals surface area (Å²) in [7, 11) is 0. The Morgan fingerprint density at radius 2 is 2.19 bits per heavy atom. The third-order valence-corrected chi connectivity index (χ3v) is 2.40. The van der Waals surface area contributed by atoms with Crippen LogP contribution in [0, 0.1) is 0 Å². The Balaban J connectivity index is 2.73. The average Bonchev–Trinajstić information content (AvgIpc) is 2.24. The molecule has 6 heteroatoms. The second kappa shape index (κ2) is 6.27. The van der Waals surface area contributed by atoms with Gasteiger partial charge in [-0.3, -0.25) is 4.79 Å². The summed E-state index contributed by atoms with van der Waals surface area (Å²) in [5, 5.41) is 3.12. The van der Waals surface area contributed by atoms with E-state index >= 15 is 0 Å². The molecule has 1 aromatic heterocycles. The van der Waals surface area contributed by atoms with Crippen molar-refractivity contribution >= 4 is 29.7 Å². The van der Waals surface area contributed by atoms with Gasteiger partial charge in [-0.1, -0.05) is 31.4 Å². The number of nitrogens with two attached hydrogens (primary N) is 1. The molecule has 0 aliphatic rings. The summed E-state index contributed by atoms with van der Waals surface area (Å²) in [6.45, 7) is 2.86. The first-order chi connectivity index (χ1) is 7.69. The topological polar surface area (TPSA) is 80.9 Å². The third-order valence-electron chi connectivity index (χ3n) is 2.11. The molecule has 5 nitrogen and oxygen atoms in total. The first-order valence-electron chi connectivity index (χ1n) is 5.21. The van der Waals surface area contributed by atoms with Crippen LogP contribution in [0.15, 0.2) is 0 Å². The van der Waals surface area contributed by atoms with E-state index in [4.69, 9.17) is 17.3 Å². The van der Waals surface area contributed by atoms with E-state index in [2.05, 4.69) is 22.2 Å². The Labute approximate surface area is 99.4 Å². The van der Waals surface area contributed by atoms with Crippen molar-refractivity contribution in [3.8, 4) is 0 Å². The fraction of sp³-hybridized carbons (Fsp3) is 0.500. The summed E-state index contributed by atoms with van der Waals surface area (Å²) in [6.07, 6.45) is 3.90. The first-order valence-corrected chi connectivity index (χ1v) is 5.59. The SMILES string of the molecule is CCCCCNc1nc(N)nc(Cl)c1C=O. The normalized spacial score (nSPS) is 10.1. The van der Waals surface area contributed by atoms with Crippen LogP contribution < -0.4 is 11.1 Å². The number of aldehydes is 1. The van der Waals surface area contributed by atoms with Crippen LogP contribution in [0.4, 0.5) is 11.8 Å². The number of nitrogen functional groups attached to an aromatic ring is 1. The van der Waals surface area contributed by atoms with Crippen LogP contribution >= 0.6 is 11.6 Å². The summed E-state index contributed by atoms with van der Waals surface area (Å²) in [4.78, 5) is 18.5. The molecule has 1 aromatic rings. The minimum atomic E-state index is 0.0635. The molecule has 0 aliphatic carbocycles. The Morgan fingerprint density at radius 1 is 1.44 bits per heavy atom. The number of carbonyl (C=O) groups is 1. The Morgan fingerprint density at radius 3 is 2.81 bits per heavy atom. The Hall–Kier alpha value is -1.36. The van der Waals surface area contributed by atoms with Gasteiger partial charge in [-0.2, -0.15) is 4.98 Å². The maximum absolute atomic E-state index is 10.8. The van der Waals surface area contributed by atoms with Gasteiger partial charge in [0.05, 0.1) is 5.56 Å². The molecule has 0 saturated carbocycles. The molecule has 0 saturated heterocycles. The van der Waals surface area contributed by atoms with Crippen molar-refractivity contribution in [1.82, 2.24) is 9.97 Å². The van der Waals surface area contributed by atoms with E-state index in [0.29, 0.717) is 12.1 Å². The van der Waals surface area contributed by atoms with Crippen LogP contribution in [0.5, 0.6) is 0 Å². The number of carbonyl (C=O) groups excluding carboxylic acids is 1. The third kappa shape index (κ3) is 3.34. The highest BCUT2D eigenvalue weighted by molar-refractivity contribution is 6.32. The fourth-order valence-corrected chi connectivity index (χ4v) is 1.50. The highest BCUT2D eigenvalue weighted by atomic mass is 35.5. The highest BCUT2D eigenvalue weighted by Gasteiger charge is 2.10. The molecule has 88 valence electrons. The molecule has 1 rings (SSSR count). The Kier molecular flexibility index (Phi) is 4.98. The number of halogens is 1. The Bertz CT molecular complexity index is 370. The van der Waals surface area contributed by atoms with E-state index in [-0.39, 0.29) is 16.7 Å². The molecule has 3 N–H and O–H groups in total. The number of hydrogen-bond acceptors (Lipinski definition) is 5. The number of nitrogens with zero attached hydrogens (tertiary/aromatic N) is 2. The van der Waals surface area contributed by atoms with Gasteiger partial charge in [-0.05, 0) is 6.42 Å². The summed E-state index contributed by atoms with van der Waals surface area (Å²) >= 11 is 5.77. The van der Waals surface area contributed by atoms with Gasteiger partial charge < -0.3 is 11.1 Å². The maximum Gasteiger partial charge on any atom is 0.223 e. The predicted octanol–water partition coefficient (Wildman–Crippen LogP) is 2.13. The van der Waals surface area contributed by atoms with Gasteiger partial charge in [0.15, 0.2) is 6.29 Å². The lowest BCUT2D eigenvalue weighted by atomic mass is 10.2. The predicted molar refractivity (Wildman–Crippen MR) is 64.9 cm³/mol. The van der Waals surface area contributed by atoms with Gasteiger partial charge in [-0.15, -0.1) is 0 Å². The molecule has 0 atom stereocenters. The zero-order valence-electron chi connectivity index (χ0n) is 9.16. The van der Waals surface area contributed by atoms with Crippen LogP contribution in [-0.2, 0) is 0 Å². The monoisotopic (exact) mass is 242 g/mol. The lowest BCUT2D eigenvalue weighted by molar-refractivity contribution is 0.112. The number of unbranched alkanes of at least 4 members (excludes halogenated alkanes) is 2. The van der Waals surface area contributed by atoms with Crippen molar-refractivity contribution in [2.75, 3.05) is 17.6 Å². The molecule has 0 unspecified atom stereocenters. The first kappa shape index (κ1) is 12.7. The summed E-state index contributed by atoms with van der Waals surface area (Å²) in [6, 6.07) is 0. The molecule has 1 heterocycles. The van der Waals surface area contributed by atoms with Crippen molar-refractivity contribution in [1.29, 1.82) is 0 Å². The van der Waals surface area contributed by atoms with E-state index in [0.717, 1.165) is 25.8 Å². The molecule has 0 aliphatic heterocycles. The van der Waals surface area contributed by atoms with Gasteiger partial charge in [0.1, 0.15) is 11.0 Å². The van der Waals surface area contributed by atoms with Crippen LogP contribution in [0.25, 0.3) is 0 Å². The minimum absolute atomic E-state index is 0.0635. The highest BCUT2D eigenvalue weighted by Crippen LogP contribution is 2.19. The van der Waals surface area contributed by atoms with E-state index in [9.17, 15) is 4.79 Å². The van der Waals surface area contributed by atoms with Gasteiger partial charge >= 0.3 is 0 Å². The molecular formula is C10H15ClN4O.